The quantitative estimate of drug-likeness (QED) is 0.803. The van der Waals surface area contributed by atoms with Gasteiger partial charge in [0.05, 0.1) is 6.61 Å². The van der Waals surface area contributed by atoms with Crippen LogP contribution in [0.4, 0.5) is 18.9 Å². The fourth-order valence-corrected chi connectivity index (χ4v) is 1.87. The Hall–Kier alpha value is -1.43. The van der Waals surface area contributed by atoms with Gasteiger partial charge < -0.3 is 15.2 Å². The zero-order valence-electron chi connectivity index (χ0n) is 11.6. The molecule has 20 heavy (non-hydrogen) atoms. The zero-order valence-corrected chi connectivity index (χ0v) is 11.6. The van der Waals surface area contributed by atoms with Gasteiger partial charge in [-0.1, -0.05) is 19.9 Å². The predicted octanol–water partition coefficient (Wildman–Crippen LogP) is 3.80. The van der Waals surface area contributed by atoms with Crippen LogP contribution in [0.25, 0.3) is 0 Å². The third-order valence-corrected chi connectivity index (χ3v) is 3.57. The Balaban J connectivity index is 2.71. The topological polar surface area (TPSA) is 41.5 Å². The number of nitrogens with one attached hydrogen (secondary N) is 1. The number of benzene rings is 1. The van der Waals surface area contributed by atoms with Gasteiger partial charge >= 0.3 is 6.36 Å². The average molecular weight is 291 g/mol. The van der Waals surface area contributed by atoms with E-state index in [1.54, 1.807) is 6.07 Å². The molecule has 0 fully saturated rings. The minimum Gasteiger partial charge on any atom is -0.406 e. The van der Waals surface area contributed by atoms with E-state index in [2.05, 4.69) is 10.1 Å². The molecule has 0 radical (unpaired) electrons. The summed E-state index contributed by atoms with van der Waals surface area (Å²) in [4.78, 5) is 0. The largest absolute Gasteiger partial charge is 0.573 e. The van der Waals surface area contributed by atoms with Gasteiger partial charge in [0.15, 0.2) is 0 Å². The van der Waals surface area contributed by atoms with E-state index in [1.165, 1.54) is 18.2 Å². The lowest BCUT2D eigenvalue weighted by molar-refractivity contribution is -0.274. The van der Waals surface area contributed by atoms with Crippen LogP contribution in [0.15, 0.2) is 24.3 Å². The molecule has 0 aliphatic carbocycles. The number of hydrogen-bond donors (Lipinski definition) is 2. The van der Waals surface area contributed by atoms with E-state index >= 15 is 0 Å². The summed E-state index contributed by atoms with van der Waals surface area (Å²) in [5.41, 5.74) is 0.271. The highest BCUT2D eigenvalue weighted by Gasteiger charge is 2.31. The molecule has 3 nitrogen and oxygen atoms in total. The first-order valence-electron chi connectivity index (χ1n) is 6.54. The van der Waals surface area contributed by atoms with Crippen molar-refractivity contribution in [3.63, 3.8) is 0 Å². The molecule has 0 amide bonds. The molecule has 1 rings (SSSR count). The first-order chi connectivity index (χ1) is 9.34. The maximum absolute atomic E-state index is 12.1. The van der Waals surface area contributed by atoms with Gasteiger partial charge in [-0.15, -0.1) is 13.2 Å². The van der Waals surface area contributed by atoms with Crippen molar-refractivity contribution in [2.75, 3.05) is 18.5 Å². The van der Waals surface area contributed by atoms with Crippen LogP contribution < -0.4 is 10.1 Å². The second-order valence-corrected chi connectivity index (χ2v) is 4.79. The molecule has 0 aliphatic heterocycles. The highest BCUT2D eigenvalue weighted by molar-refractivity contribution is 5.48. The van der Waals surface area contributed by atoms with Gasteiger partial charge in [-0.05, 0) is 25.0 Å². The van der Waals surface area contributed by atoms with Crippen LogP contribution in [0.2, 0.25) is 0 Å². The Labute approximate surface area is 116 Å². The lowest BCUT2D eigenvalue weighted by Crippen LogP contribution is -2.32. The second-order valence-electron chi connectivity index (χ2n) is 4.79. The summed E-state index contributed by atoms with van der Waals surface area (Å²) in [5.74, 6) is -0.259. The van der Waals surface area contributed by atoms with E-state index < -0.39 is 6.36 Å². The third kappa shape index (κ3) is 4.92. The van der Waals surface area contributed by atoms with Gasteiger partial charge in [0.1, 0.15) is 5.75 Å². The summed E-state index contributed by atoms with van der Waals surface area (Å²) in [6, 6.07) is 5.69. The highest BCUT2D eigenvalue weighted by Crippen LogP contribution is 2.28. The second kappa shape index (κ2) is 6.83. The van der Waals surface area contributed by atoms with Crippen LogP contribution >= 0.6 is 0 Å². The predicted molar refractivity (Wildman–Crippen MR) is 71.7 cm³/mol. The summed E-state index contributed by atoms with van der Waals surface area (Å²) >= 11 is 0. The van der Waals surface area contributed by atoms with Crippen molar-refractivity contribution in [3.05, 3.63) is 24.3 Å². The van der Waals surface area contributed by atoms with Crippen LogP contribution in [-0.4, -0.2) is 24.6 Å². The average Bonchev–Trinajstić information content (AvgIpc) is 2.39. The van der Waals surface area contributed by atoms with Crippen LogP contribution in [0.5, 0.6) is 5.75 Å². The van der Waals surface area contributed by atoms with Crippen molar-refractivity contribution in [1.82, 2.24) is 0 Å². The molecule has 0 aliphatic rings. The molecule has 0 aromatic heterocycles. The number of ether oxygens (including phenoxy) is 1. The zero-order chi connectivity index (χ0) is 15.2. The smallest absolute Gasteiger partial charge is 0.406 e. The summed E-state index contributed by atoms with van der Waals surface area (Å²) in [7, 11) is 0. The lowest BCUT2D eigenvalue weighted by atomic mass is 9.83. The van der Waals surface area contributed by atoms with E-state index in [9.17, 15) is 18.3 Å². The molecular formula is C14H20F3NO2. The van der Waals surface area contributed by atoms with Gasteiger partial charge in [0.2, 0.25) is 0 Å². The number of aliphatic hydroxyl groups is 1. The van der Waals surface area contributed by atoms with E-state index in [4.69, 9.17) is 0 Å². The highest BCUT2D eigenvalue weighted by atomic mass is 19.4. The van der Waals surface area contributed by atoms with E-state index in [-0.39, 0.29) is 17.8 Å². The monoisotopic (exact) mass is 291 g/mol. The number of alkyl halides is 3. The molecule has 0 saturated carbocycles. The number of anilines is 1. The van der Waals surface area contributed by atoms with E-state index in [0.29, 0.717) is 12.2 Å². The van der Waals surface area contributed by atoms with E-state index in [0.717, 1.165) is 12.8 Å². The Kier molecular flexibility index (Phi) is 5.68. The number of aliphatic hydroxyl groups excluding tert-OH is 1. The van der Waals surface area contributed by atoms with Crippen molar-refractivity contribution in [2.45, 2.75) is 33.1 Å². The minimum atomic E-state index is -4.69. The molecule has 0 spiro atoms. The normalized spacial score (nSPS) is 12.3. The molecule has 2 N–H and O–H groups in total. The van der Waals surface area contributed by atoms with Crippen LogP contribution in [0, 0.1) is 5.41 Å². The standard InChI is InChI=1S/C14H20F3NO2/c1-3-13(4-2,10-19)9-18-11-6-5-7-12(8-11)20-14(15,16)17/h5-8,18-19H,3-4,9-10H2,1-2H3. The summed E-state index contributed by atoms with van der Waals surface area (Å²) in [6.45, 7) is 4.48. The number of hydrogen-bond acceptors (Lipinski definition) is 3. The fraction of sp³-hybridized carbons (Fsp3) is 0.571. The molecule has 0 unspecified atom stereocenters. The molecule has 114 valence electrons. The van der Waals surface area contributed by atoms with Crippen LogP contribution in [0.3, 0.4) is 0 Å². The third-order valence-electron chi connectivity index (χ3n) is 3.57. The molecule has 0 bridgehead atoms. The Morgan fingerprint density at radius 2 is 1.85 bits per heavy atom. The molecule has 0 atom stereocenters. The molecule has 0 heterocycles. The molecule has 1 aromatic carbocycles. The summed E-state index contributed by atoms with van der Waals surface area (Å²) < 4.78 is 40.3. The summed E-state index contributed by atoms with van der Waals surface area (Å²) in [5, 5.41) is 12.5. The Bertz CT molecular complexity index is 409. The van der Waals surface area contributed by atoms with Gasteiger partial charge in [-0.2, -0.15) is 0 Å². The Morgan fingerprint density at radius 1 is 1.20 bits per heavy atom. The van der Waals surface area contributed by atoms with Gasteiger partial charge in [0.25, 0.3) is 0 Å². The van der Waals surface area contributed by atoms with Crippen molar-refractivity contribution in [1.29, 1.82) is 0 Å². The first kappa shape index (κ1) is 16.6. The molecule has 1 aromatic rings. The minimum absolute atomic E-state index is 0.0335. The van der Waals surface area contributed by atoms with Crippen molar-refractivity contribution < 1.29 is 23.0 Å². The van der Waals surface area contributed by atoms with Crippen molar-refractivity contribution in [3.8, 4) is 5.75 Å². The summed E-state index contributed by atoms with van der Waals surface area (Å²) in [6.07, 6.45) is -3.13. The van der Waals surface area contributed by atoms with E-state index in [1.807, 2.05) is 13.8 Å². The van der Waals surface area contributed by atoms with Gasteiger partial charge in [-0.25, -0.2) is 0 Å². The van der Waals surface area contributed by atoms with Crippen LogP contribution in [-0.2, 0) is 0 Å². The van der Waals surface area contributed by atoms with Crippen LogP contribution in [0.1, 0.15) is 26.7 Å². The van der Waals surface area contributed by atoms with Gasteiger partial charge in [-0.3, -0.25) is 0 Å². The first-order valence-corrected chi connectivity index (χ1v) is 6.54. The van der Waals surface area contributed by atoms with Crippen molar-refractivity contribution in [2.24, 2.45) is 5.41 Å². The lowest BCUT2D eigenvalue weighted by Gasteiger charge is -2.30. The SMILES string of the molecule is CCC(CC)(CO)CNc1cccc(OC(F)(F)F)c1. The van der Waals surface area contributed by atoms with Gasteiger partial charge in [0, 0.05) is 23.7 Å². The fourth-order valence-electron chi connectivity index (χ4n) is 1.87. The molecule has 0 saturated heterocycles. The Morgan fingerprint density at radius 3 is 2.35 bits per heavy atom. The maximum atomic E-state index is 12.1. The molecule has 6 heteroatoms. The van der Waals surface area contributed by atoms with Crippen molar-refractivity contribution >= 4 is 5.69 Å². The maximum Gasteiger partial charge on any atom is 0.573 e. The number of halogens is 3. The number of rotatable bonds is 7. The molecular weight excluding hydrogens is 271 g/mol.